The highest BCUT2D eigenvalue weighted by Crippen LogP contribution is 2.21. The van der Waals surface area contributed by atoms with Gasteiger partial charge in [0.1, 0.15) is 0 Å². The van der Waals surface area contributed by atoms with E-state index in [4.69, 9.17) is 15.6 Å². The predicted molar refractivity (Wildman–Crippen MR) is 50.0 cm³/mol. The quantitative estimate of drug-likeness (QED) is 0.606. The van der Waals surface area contributed by atoms with Gasteiger partial charge in [0, 0.05) is 19.8 Å². The van der Waals surface area contributed by atoms with E-state index in [1.807, 2.05) is 0 Å². The van der Waals surface area contributed by atoms with Crippen LogP contribution in [0, 0.1) is 5.41 Å². The third-order valence-corrected chi connectivity index (χ3v) is 1.80. The van der Waals surface area contributed by atoms with Crippen molar-refractivity contribution in [3.63, 3.8) is 0 Å². The van der Waals surface area contributed by atoms with Gasteiger partial charge in [0.25, 0.3) is 0 Å². The molecule has 0 spiro atoms. The van der Waals surface area contributed by atoms with Crippen LogP contribution in [0.3, 0.4) is 0 Å². The first-order valence-corrected chi connectivity index (χ1v) is 4.45. The van der Waals surface area contributed by atoms with Crippen molar-refractivity contribution in [1.29, 1.82) is 0 Å². The van der Waals surface area contributed by atoms with E-state index in [1.54, 1.807) is 0 Å². The van der Waals surface area contributed by atoms with Gasteiger partial charge in [-0.25, -0.2) is 0 Å². The summed E-state index contributed by atoms with van der Waals surface area (Å²) in [4.78, 5) is 0. The Morgan fingerprint density at radius 2 is 2.00 bits per heavy atom. The van der Waals surface area contributed by atoms with E-state index in [9.17, 15) is 0 Å². The van der Waals surface area contributed by atoms with E-state index < -0.39 is 0 Å². The largest absolute Gasteiger partial charge is 0.396 e. The Kier molecular flexibility index (Phi) is 5.46. The van der Waals surface area contributed by atoms with Gasteiger partial charge in [-0.05, 0) is 11.8 Å². The van der Waals surface area contributed by atoms with Gasteiger partial charge >= 0.3 is 0 Å². The molecule has 0 saturated carbocycles. The number of hydrogen-bond acceptors (Lipinski definition) is 3. The molecule has 1 unspecified atom stereocenters. The molecule has 0 aliphatic carbocycles. The Labute approximate surface area is 74.9 Å². The molecular weight excluding hydrogens is 154 g/mol. The number of hydrogen-bond donors (Lipinski definition) is 2. The molecule has 0 heterocycles. The van der Waals surface area contributed by atoms with Crippen molar-refractivity contribution in [3.8, 4) is 0 Å². The van der Waals surface area contributed by atoms with Gasteiger partial charge in [0.2, 0.25) is 0 Å². The first-order valence-electron chi connectivity index (χ1n) is 4.45. The summed E-state index contributed by atoms with van der Waals surface area (Å²) in [7, 11) is 0. The number of nitrogens with two attached hydrogens (primary N) is 1. The topological polar surface area (TPSA) is 55.5 Å². The van der Waals surface area contributed by atoms with Gasteiger partial charge in [-0.15, -0.1) is 0 Å². The van der Waals surface area contributed by atoms with Gasteiger partial charge in [-0.1, -0.05) is 20.8 Å². The van der Waals surface area contributed by atoms with Gasteiger partial charge in [0.05, 0.1) is 6.10 Å². The van der Waals surface area contributed by atoms with Crippen molar-refractivity contribution >= 4 is 0 Å². The molecule has 0 bridgehead atoms. The molecule has 3 N–H and O–H groups in total. The van der Waals surface area contributed by atoms with E-state index in [1.165, 1.54) is 0 Å². The van der Waals surface area contributed by atoms with Gasteiger partial charge in [0.15, 0.2) is 0 Å². The van der Waals surface area contributed by atoms with Crippen molar-refractivity contribution in [2.75, 3.05) is 19.8 Å². The normalized spacial score (nSPS) is 14.8. The van der Waals surface area contributed by atoms with Crippen LogP contribution in [0.25, 0.3) is 0 Å². The summed E-state index contributed by atoms with van der Waals surface area (Å²) < 4.78 is 5.51. The average Bonchev–Trinajstić information content (AvgIpc) is 1.95. The average molecular weight is 175 g/mol. The lowest BCUT2D eigenvalue weighted by atomic mass is 9.89. The molecule has 0 aromatic carbocycles. The molecular formula is C9H21NO2. The Morgan fingerprint density at radius 3 is 2.33 bits per heavy atom. The summed E-state index contributed by atoms with van der Waals surface area (Å²) in [6, 6.07) is 0. The first kappa shape index (κ1) is 11.9. The summed E-state index contributed by atoms with van der Waals surface area (Å²) in [5, 5.41) is 8.54. The molecule has 0 aliphatic rings. The highest BCUT2D eigenvalue weighted by molar-refractivity contribution is 4.74. The minimum absolute atomic E-state index is 0.0871. The van der Waals surface area contributed by atoms with Crippen LogP contribution in [0.1, 0.15) is 27.2 Å². The van der Waals surface area contributed by atoms with E-state index in [2.05, 4.69) is 20.8 Å². The summed E-state index contributed by atoms with van der Waals surface area (Å²) >= 11 is 0. The lowest BCUT2D eigenvalue weighted by Crippen LogP contribution is -2.36. The Morgan fingerprint density at radius 1 is 1.42 bits per heavy atom. The Hall–Kier alpha value is -0.120. The lowest BCUT2D eigenvalue weighted by Gasteiger charge is -2.29. The van der Waals surface area contributed by atoms with Crippen molar-refractivity contribution < 1.29 is 9.84 Å². The predicted octanol–water partition coefficient (Wildman–Crippen LogP) is 0.759. The zero-order valence-electron chi connectivity index (χ0n) is 8.34. The summed E-state index contributed by atoms with van der Waals surface area (Å²) in [5.74, 6) is 0. The van der Waals surface area contributed by atoms with Crippen LogP contribution in [0.5, 0.6) is 0 Å². The molecule has 0 aromatic heterocycles. The van der Waals surface area contributed by atoms with E-state index in [0.29, 0.717) is 19.6 Å². The number of ether oxygens (including phenoxy) is 1. The molecule has 0 saturated heterocycles. The van der Waals surface area contributed by atoms with E-state index >= 15 is 0 Å². The van der Waals surface area contributed by atoms with Gasteiger partial charge in [-0.3, -0.25) is 0 Å². The van der Waals surface area contributed by atoms with Crippen LogP contribution in [0.15, 0.2) is 0 Å². The molecule has 0 amide bonds. The standard InChI is InChI=1S/C9H21NO2/c1-9(2,3)8(7-10)12-6-4-5-11/h8,11H,4-7,10H2,1-3H3. The van der Waals surface area contributed by atoms with Crippen molar-refractivity contribution in [2.45, 2.75) is 33.3 Å². The molecule has 0 rings (SSSR count). The van der Waals surface area contributed by atoms with E-state index in [-0.39, 0.29) is 18.1 Å². The number of aliphatic hydroxyl groups is 1. The second-order valence-electron chi connectivity index (χ2n) is 4.04. The van der Waals surface area contributed by atoms with Crippen LogP contribution in [0.4, 0.5) is 0 Å². The van der Waals surface area contributed by atoms with Gasteiger partial charge < -0.3 is 15.6 Å². The lowest BCUT2D eigenvalue weighted by molar-refractivity contribution is -0.0161. The Balaban J connectivity index is 3.68. The molecule has 74 valence electrons. The van der Waals surface area contributed by atoms with E-state index in [0.717, 1.165) is 0 Å². The summed E-state index contributed by atoms with van der Waals surface area (Å²) in [5.41, 5.74) is 5.64. The fourth-order valence-electron chi connectivity index (χ4n) is 0.962. The minimum Gasteiger partial charge on any atom is -0.396 e. The fourth-order valence-corrected chi connectivity index (χ4v) is 0.962. The number of rotatable bonds is 5. The second-order valence-corrected chi connectivity index (χ2v) is 4.04. The second kappa shape index (κ2) is 5.51. The third kappa shape index (κ3) is 4.70. The third-order valence-electron chi connectivity index (χ3n) is 1.80. The van der Waals surface area contributed by atoms with Crippen LogP contribution in [-0.4, -0.2) is 31.0 Å². The monoisotopic (exact) mass is 175 g/mol. The molecule has 3 heteroatoms. The van der Waals surface area contributed by atoms with Crippen LogP contribution >= 0.6 is 0 Å². The molecule has 12 heavy (non-hydrogen) atoms. The maximum Gasteiger partial charge on any atom is 0.0745 e. The van der Waals surface area contributed by atoms with Crippen LogP contribution in [0.2, 0.25) is 0 Å². The molecule has 3 nitrogen and oxygen atoms in total. The maximum atomic E-state index is 8.54. The molecule has 1 atom stereocenters. The van der Waals surface area contributed by atoms with Gasteiger partial charge in [-0.2, -0.15) is 0 Å². The molecule has 0 fully saturated rings. The van der Waals surface area contributed by atoms with Crippen molar-refractivity contribution in [2.24, 2.45) is 11.1 Å². The maximum absolute atomic E-state index is 8.54. The first-order chi connectivity index (χ1) is 5.52. The smallest absolute Gasteiger partial charge is 0.0745 e. The zero-order chi connectivity index (χ0) is 9.61. The van der Waals surface area contributed by atoms with Crippen LogP contribution in [-0.2, 0) is 4.74 Å². The summed E-state index contributed by atoms with van der Waals surface area (Å²) in [6.45, 7) is 7.61. The highest BCUT2D eigenvalue weighted by atomic mass is 16.5. The molecule has 0 aliphatic heterocycles. The Bertz CT molecular complexity index is 110. The number of aliphatic hydroxyl groups excluding tert-OH is 1. The van der Waals surface area contributed by atoms with Crippen molar-refractivity contribution in [1.82, 2.24) is 0 Å². The molecule has 0 aromatic rings. The summed E-state index contributed by atoms with van der Waals surface area (Å²) in [6.07, 6.45) is 0.774. The minimum atomic E-state index is 0.0871. The SMILES string of the molecule is CC(C)(C)C(CN)OCCCO. The molecule has 0 radical (unpaired) electrons. The van der Waals surface area contributed by atoms with Crippen molar-refractivity contribution in [3.05, 3.63) is 0 Å². The fraction of sp³-hybridized carbons (Fsp3) is 1.00. The highest BCUT2D eigenvalue weighted by Gasteiger charge is 2.23. The zero-order valence-corrected chi connectivity index (χ0v) is 8.34. The van der Waals surface area contributed by atoms with Crippen LogP contribution < -0.4 is 5.73 Å².